The molecule has 0 atom stereocenters. The maximum Gasteiger partial charge on any atom is 0.224 e. The molecule has 0 aliphatic heterocycles. The predicted octanol–water partition coefficient (Wildman–Crippen LogP) is -0.331. The van der Waals surface area contributed by atoms with Gasteiger partial charge in [0.25, 0.3) is 0 Å². The first-order chi connectivity index (χ1) is 10.6. The van der Waals surface area contributed by atoms with Crippen LogP contribution in [0.2, 0.25) is 0 Å². The van der Waals surface area contributed by atoms with Gasteiger partial charge in [0.05, 0.1) is 19.8 Å². The quantitative estimate of drug-likeness (QED) is 0.558. The number of anilines is 2. The molecule has 1 aliphatic carbocycles. The number of aliphatic hydroxyl groups excluding tert-OH is 2. The van der Waals surface area contributed by atoms with Gasteiger partial charge in [0.15, 0.2) is 17.0 Å². The normalized spacial score (nSPS) is 17.6. The molecule has 8 nitrogen and oxygen atoms in total. The Morgan fingerprint density at radius 1 is 1.45 bits per heavy atom. The highest BCUT2D eigenvalue weighted by molar-refractivity contribution is 5.85. The zero-order valence-corrected chi connectivity index (χ0v) is 11.8. The molecule has 0 saturated heterocycles. The van der Waals surface area contributed by atoms with Crippen LogP contribution in [-0.4, -0.2) is 49.5 Å². The Morgan fingerprint density at radius 3 is 2.86 bits per heavy atom. The number of hydrogen-bond acceptors (Lipinski definition) is 7. The van der Waals surface area contributed by atoms with Crippen molar-refractivity contribution in [3.05, 3.63) is 11.9 Å². The maximum atomic E-state index is 9.35. The van der Waals surface area contributed by atoms with Crippen molar-refractivity contribution in [2.75, 3.05) is 30.8 Å². The van der Waals surface area contributed by atoms with E-state index in [9.17, 15) is 10.2 Å². The average Bonchev–Trinajstić information content (AvgIpc) is 3.09. The lowest BCUT2D eigenvalue weighted by atomic mass is 10.1. The number of terminal acetylenes is 1. The van der Waals surface area contributed by atoms with Crippen LogP contribution >= 0.6 is 0 Å². The topological polar surface area (TPSA) is 122 Å². The third-order valence-corrected chi connectivity index (χ3v) is 3.78. The van der Waals surface area contributed by atoms with Gasteiger partial charge in [0.2, 0.25) is 5.95 Å². The highest BCUT2D eigenvalue weighted by Gasteiger charge is 2.48. The van der Waals surface area contributed by atoms with Gasteiger partial charge in [-0.15, -0.1) is 6.42 Å². The van der Waals surface area contributed by atoms with E-state index < -0.39 is 5.41 Å². The molecule has 0 spiro atoms. The highest BCUT2D eigenvalue weighted by atomic mass is 16.3. The first-order valence-corrected chi connectivity index (χ1v) is 6.74. The second-order valence-electron chi connectivity index (χ2n) is 5.24. The van der Waals surface area contributed by atoms with Gasteiger partial charge in [0, 0.05) is 11.6 Å². The van der Waals surface area contributed by atoms with Crippen LogP contribution in [-0.2, 0) is 0 Å². The first kappa shape index (κ1) is 14.3. The van der Waals surface area contributed by atoms with Gasteiger partial charge in [-0.3, -0.25) is 4.57 Å². The number of aromatic nitrogens is 4. The lowest BCUT2D eigenvalue weighted by Gasteiger charge is -2.06. The monoisotopic (exact) mass is 300 g/mol. The summed E-state index contributed by atoms with van der Waals surface area (Å²) in [5, 5.41) is 21.7. The molecule has 8 heteroatoms. The molecule has 0 aromatic carbocycles. The van der Waals surface area contributed by atoms with Crippen molar-refractivity contribution in [3.8, 4) is 12.3 Å². The summed E-state index contributed by atoms with van der Waals surface area (Å²) in [5.74, 6) is 3.05. The van der Waals surface area contributed by atoms with Crippen LogP contribution in [0.3, 0.4) is 0 Å². The van der Waals surface area contributed by atoms with E-state index in [1.54, 1.807) is 17.1 Å². The van der Waals surface area contributed by atoms with Gasteiger partial charge >= 0.3 is 0 Å². The van der Waals surface area contributed by atoms with Gasteiger partial charge in [-0.25, -0.2) is 4.98 Å². The Hall–Kier alpha value is -2.63. The smallest absolute Gasteiger partial charge is 0.224 e. The fourth-order valence-electron chi connectivity index (χ4n) is 2.32. The predicted molar refractivity (Wildman–Crippen MR) is 82.6 cm³/mol. The standard InChI is InChI=1S/C14H16N6O2/c1-2-3-16-11-10-12(19-13(15)18-11)20(8-17-10)5-9-4-14(9,6-21)7-22/h1,5,8,21-22H,3-4,6-7H2,(H3,15,16,18,19)/b9-5-. The molecule has 2 aromatic rings. The van der Waals surface area contributed by atoms with Gasteiger partial charge in [-0.2, -0.15) is 9.97 Å². The summed E-state index contributed by atoms with van der Waals surface area (Å²) < 4.78 is 1.71. The van der Waals surface area contributed by atoms with Crippen molar-refractivity contribution in [1.82, 2.24) is 19.5 Å². The summed E-state index contributed by atoms with van der Waals surface area (Å²) in [5.41, 5.74) is 7.22. The van der Waals surface area contributed by atoms with Crippen LogP contribution in [0.4, 0.5) is 11.8 Å². The molecule has 5 N–H and O–H groups in total. The van der Waals surface area contributed by atoms with Gasteiger partial charge in [-0.1, -0.05) is 5.92 Å². The molecule has 0 radical (unpaired) electrons. The van der Waals surface area contributed by atoms with Crippen molar-refractivity contribution in [3.63, 3.8) is 0 Å². The van der Waals surface area contributed by atoms with Gasteiger partial charge < -0.3 is 21.3 Å². The Morgan fingerprint density at radius 2 is 2.23 bits per heavy atom. The molecule has 3 rings (SSSR count). The molecular formula is C14H16N6O2. The number of nitrogens with one attached hydrogen (secondary N) is 1. The fourth-order valence-corrected chi connectivity index (χ4v) is 2.32. The van der Waals surface area contributed by atoms with Crippen LogP contribution in [0.15, 0.2) is 11.9 Å². The van der Waals surface area contributed by atoms with Crippen molar-refractivity contribution >= 4 is 29.1 Å². The third-order valence-electron chi connectivity index (χ3n) is 3.78. The summed E-state index contributed by atoms with van der Waals surface area (Å²) in [7, 11) is 0. The SMILES string of the molecule is C#CCNc1nc(N)nc2c1ncn2/C=C1/CC1(CO)CO. The van der Waals surface area contributed by atoms with Gasteiger partial charge in [-0.05, 0) is 12.0 Å². The molecule has 0 amide bonds. The highest BCUT2D eigenvalue weighted by Crippen LogP contribution is 2.51. The van der Waals surface area contributed by atoms with Crippen LogP contribution in [0.25, 0.3) is 17.4 Å². The van der Waals surface area contributed by atoms with E-state index in [0.29, 0.717) is 29.9 Å². The van der Waals surface area contributed by atoms with Crippen molar-refractivity contribution in [1.29, 1.82) is 0 Å². The Labute approximate surface area is 126 Å². The molecule has 0 bridgehead atoms. The molecule has 1 aliphatic rings. The van der Waals surface area contributed by atoms with E-state index in [1.807, 2.05) is 0 Å². The van der Waals surface area contributed by atoms with Crippen molar-refractivity contribution in [2.24, 2.45) is 5.41 Å². The second-order valence-corrected chi connectivity index (χ2v) is 5.24. The average molecular weight is 300 g/mol. The van der Waals surface area contributed by atoms with E-state index in [1.165, 1.54) is 0 Å². The molecule has 22 heavy (non-hydrogen) atoms. The number of nitrogens with zero attached hydrogens (tertiary/aromatic N) is 4. The number of nitrogen functional groups attached to an aromatic ring is 1. The Balaban J connectivity index is 2.01. The Kier molecular flexibility index (Phi) is 3.44. The minimum absolute atomic E-state index is 0.0892. The number of fused-ring (bicyclic) bond motifs is 1. The molecule has 114 valence electrons. The van der Waals surface area contributed by atoms with E-state index in [4.69, 9.17) is 12.2 Å². The number of imidazole rings is 1. The summed E-state index contributed by atoms with van der Waals surface area (Å²) in [6.07, 6.45) is 9.26. The fraction of sp³-hybridized carbons (Fsp3) is 0.357. The second kappa shape index (κ2) is 5.29. The van der Waals surface area contributed by atoms with Crippen LogP contribution in [0.5, 0.6) is 0 Å². The largest absolute Gasteiger partial charge is 0.395 e. The Bertz CT molecular complexity index is 784. The first-order valence-electron chi connectivity index (χ1n) is 6.74. The lowest BCUT2D eigenvalue weighted by molar-refractivity contribution is 0.143. The molecule has 1 fully saturated rings. The van der Waals surface area contributed by atoms with E-state index in [2.05, 4.69) is 26.2 Å². The number of rotatable bonds is 5. The van der Waals surface area contributed by atoms with Crippen LogP contribution in [0.1, 0.15) is 6.42 Å². The van der Waals surface area contributed by atoms with E-state index in [0.717, 1.165) is 5.57 Å². The molecule has 2 aromatic heterocycles. The molecular weight excluding hydrogens is 284 g/mol. The van der Waals surface area contributed by atoms with E-state index >= 15 is 0 Å². The third kappa shape index (κ3) is 2.26. The summed E-state index contributed by atoms with van der Waals surface area (Å²) in [4.78, 5) is 12.6. The minimum Gasteiger partial charge on any atom is -0.395 e. The summed E-state index contributed by atoms with van der Waals surface area (Å²) >= 11 is 0. The molecule has 0 unspecified atom stereocenters. The zero-order valence-electron chi connectivity index (χ0n) is 11.8. The van der Waals surface area contributed by atoms with Crippen molar-refractivity contribution in [2.45, 2.75) is 6.42 Å². The minimum atomic E-state index is -0.528. The number of aliphatic hydroxyl groups is 2. The number of nitrogens with two attached hydrogens (primary N) is 1. The van der Waals surface area contributed by atoms with Crippen LogP contribution in [0, 0.1) is 17.8 Å². The lowest BCUT2D eigenvalue weighted by Crippen LogP contribution is -2.12. The molecule has 1 saturated carbocycles. The maximum absolute atomic E-state index is 9.35. The number of hydrogen-bond donors (Lipinski definition) is 4. The van der Waals surface area contributed by atoms with Gasteiger partial charge in [0.1, 0.15) is 6.33 Å². The molecule has 2 heterocycles. The summed E-state index contributed by atoms with van der Waals surface area (Å²) in [6, 6.07) is 0. The zero-order chi connectivity index (χ0) is 15.7. The van der Waals surface area contributed by atoms with Crippen molar-refractivity contribution < 1.29 is 10.2 Å². The van der Waals surface area contributed by atoms with E-state index in [-0.39, 0.29) is 19.2 Å². The summed E-state index contributed by atoms with van der Waals surface area (Å²) in [6.45, 7) is 0.125. The van der Waals surface area contributed by atoms with Crippen LogP contribution < -0.4 is 11.1 Å².